The van der Waals surface area contributed by atoms with E-state index in [0.717, 1.165) is 20.8 Å². The van der Waals surface area contributed by atoms with Crippen LogP contribution in [0.1, 0.15) is 10.4 Å². The Bertz CT molecular complexity index is 643. The first-order valence-corrected chi connectivity index (χ1v) is 7.82. The van der Waals surface area contributed by atoms with Gasteiger partial charge in [-0.25, -0.2) is 8.78 Å². The topological polar surface area (TPSA) is 36.4 Å². The van der Waals surface area contributed by atoms with E-state index in [-0.39, 0.29) is 12.1 Å². The molecule has 0 radical (unpaired) electrons. The molecule has 0 amide bonds. The summed E-state index contributed by atoms with van der Waals surface area (Å²) in [7, 11) is 1.63. The van der Waals surface area contributed by atoms with Crippen molar-refractivity contribution in [2.24, 2.45) is 4.99 Å². The molecule has 0 fully saturated rings. The summed E-state index contributed by atoms with van der Waals surface area (Å²) in [6, 6.07) is 7.36. The summed E-state index contributed by atoms with van der Waals surface area (Å²) in [5.74, 6) is -0.371. The molecule has 1 aromatic heterocycles. The van der Waals surface area contributed by atoms with Gasteiger partial charge in [0.2, 0.25) is 0 Å². The van der Waals surface area contributed by atoms with E-state index >= 15 is 0 Å². The van der Waals surface area contributed by atoms with Crippen LogP contribution in [0.5, 0.6) is 0 Å². The van der Waals surface area contributed by atoms with Crippen LogP contribution in [0.2, 0.25) is 0 Å². The third-order valence-electron chi connectivity index (χ3n) is 2.74. The number of hydrogen-bond acceptors (Lipinski definition) is 2. The Morgan fingerprint density at radius 1 is 1.19 bits per heavy atom. The van der Waals surface area contributed by atoms with Gasteiger partial charge < -0.3 is 10.6 Å². The number of thiophene rings is 1. The lowest BCUT2D eigenvalue weighted by Gasteiger charge is -2.11. The molecular weight excluding hydrogens is 360 g/mol. The van der Waals surface area contributed by atoms with Gasteiger partial charge in [0.15, 0.2) is 5.96 Å². The zero-order chi connectivity index (χ0) is 15.2. The average molecular weight is 374 g/mol. The fourth-order valence-electron chi connectivity index (χ4n) is 1.70. The number of rotatable bonds is 4. The van der Waals surface area contributed by atoms with Crippen LogP contribution in [0.25, 0.3) is 0 Å². The number of benzene rings is 1. The van der Waals surface area contributed by atoms with Crippen molar-refractivity contribution in [1.29, 1.82) is 0 Å². The van der Waals surface area contributed by atoms with Crippen molar-refractivity contribution >= 4 is 33.2 Å². The molecule has 7 heteroatoms. The highest BCUT2D eigenvalue weighted by Crippen LogP contribution is 2.21. The Kier molecular flexibility index (Phi) is 5.69. The maximum Gasteiger partial charge on any atom is 0.191 e. The fourth-order valence-corrected chi connectivity index (χ4v) is 3.12. The predicted octanol–water partition coefficient (Wildman–Crippen LogP) is 3.65. The maximum atomic E-state index is 13.5. The summed E-state index contributed by atoms with van der Waals surface area (Å²) >= 11 is 5.02. The SMILES string of the molecule is CN=C(NCc1ccc(Br)s1)NCc1cc(F)ccc1F. The number of hydrogen-bond donors (Lipinski definition) is 2. The van der Waals surface area contributed by atoms with Crippen molar-refractivity contribution < 1.29 is 8.78 Å². The molecule has 21 heavy (non-hydrogen) atoms. The first kappa shape index (κ1) is 15.9. The van der Waals surface area contributed by atoms with E-state index in [9.17, 15) is 8.78 Å². The summed E-state index contributed by atoms with van der Waals surface area (Å²) in [4.78, 5) is 5.19. The van der Waals surface area contributed by atoms with Crippen molar-refractivity contribution in [2.45, 2.75) is 13.1 Å². The summed E-state index contributed by atoms with van der Waals surface area (Å²) in [5, 5.41) is 6.07. The van der Waals surface area contributed by atoms with Crippen LogP contribution >= 0.6 is 27.3 Å². The van der Waals surface area contributed by atoms with Crippen LogP contribution in [-0.2, 0) is 13.1 Å². The van der Waals surface area contributed by atoms with E-state index in [1.54, 1.807) is 18.4 Å². The molecule has 0 unspecified atom stereocenters. The molecule has 1 heterocycles. The molecule has 2 N–H and O–H groups in total. The van der Waals surface area contributed by atoms with Gasteiger partial charge in [-0.15, -0.1) is 11.3 Å². The molecule has 2 aromatic rings. The van der Waals surface area contributed by atoms with Crippen molar-refractivity contribution in [3.05, 3.63) is 56.2 Å². The van der Waals surface area contributed by atoms with Gasteiger partial charge in [0, 0.05) is 24.0 Å². The zero-order valence-corrected chi connectivity index (χ0v) is 13.7. The lowest BCUT2D eigenvalue weighted by molar-refractivity contribution is 0.581. The summed E-state index contributed by atoms with van der Waals surface area (Å²) < 4.78 is 27.6. The second-order valence-electron chi connectivity index (χ2n) is 4.22. The van der Waals surface area contributed by atoms with Gasteiger partial charge in [-0.2, -0.15) is 0 Å². The van der Waals surface area contributed by atoms with Gasteiger partial charge in [0.1, 0.15) is 11.6 Å². The molecule has 0 saturated heterocycles. The van der Waals surface area contributed by atoms with Crippen LogP contribution in [0.15, 0.2) is 39.1 Å². The molecule has 0 bridgehead atoms. The third-order valence-corrected chi connectivity index (χ3v) is 4.36. The van der Waals surface area contributed by atoms with E-state index in [1.807, 2.05) is 12.1 Å². The Morgan fingerprint density at radius 3 is 2.62 bits per heavy atom. The molecular formula is C14H14BrF2N3S. The molecule has 0 spiro atoms. The lowest BCUT2D eigenvalue weighted by atomic mass is 10.2. The molecule has 112 valence electrons. The summed E-state index contributed by atoms with van der Waals surface area (Å²) in [6.07, 6.45) is 0. The maximum absolute atomic E-state index is 13.5. The summed E-state index contributed by atoms with van der Waals surface area (Å²) in [6.45, 7) is 0.777. The van der Waals surface area contributed by atoms with E-state index in [0.29, 0.717) is 12.5 Å². The second-order valence-corrected chi connectivity index (χ2v) is 6.77. The Morgan fingerprint density at radius 2 is 1.95 bits per heavy atom. The van der Waals surface area contributed by atoms with E-state index in [1.165, 1.54) is 6.07 Å². The Hall–Kier alpha value is -1.47. The first-order chi connectivity index (χ1) is 10.1. The van der Waals surface area contributed by atoms with Crippen molar-refractivity contribution in [1.82, 2.24) is 10.6 Å². The third kappa shape index (κ3) is 4.78. The number of nitrogens with one attached hydrogen (secondary N) is 2. The van der Waals surface area contributed by atoms with Crippen LogP contribution < -0.4 is 10.6 Å². The van der Waals surface area contributed by atoms with Gasteiger partial charge >= 0.3 is 0 Å². The number of aliphatic imine (C=N–C) groups is 1. The number of nitrogens with zero attached hydrogens (tertiary/aromatic N) is 1. The normalized spacial score (nSPS) is 11.5. The first-order valence-electron chi connectivity index (χ1n) is 6.21. The minimum atomic E-state index is -0.459. The standard InChI is InChI=1S/C14H14BrF2N3S/c1-18-14(20-8-11-3-5-13(15)21-11)19-7-9-6-10(16)2-4-12(9)17/h2-6H,7-8H2,1H3,(H2,18,19,20). The van der Waals surface area contributed by atoms with Crippen molar-refractivity contribution in [3.63, 3.8) is 0 Å². The van der Waals surface area contributed by atoms with E-state index < -0.39 is 11.6 Å². The van der Waals surface area contributed by atoms with Crippen LogP contribution in [0, 0.1) is 11.6 Å². The van der Waals surface area contributed by atoms with Gasteiger partial charge in [0.05, 0.1) is 10.3 Å². The molecule has 0 aliphatic carbocycles. The van der Waals surface area contributed by atoms with Crippen LogP contribution in [0.3, 0.4) is 0 Å². The largest absolute Gasteiger partial charge is 0.352 e. The highest BCUT2D eigenvalue weighted by molar-refractivity contribution is 9.11. The second kappa shape index (κ2) is 7.51. The molecule has 1 aromatic carbocycles. The Labute approximate surface area is 134 Å². The summed E-state index contributed by atoms with van der Waals surface area (Å²) in [5.41, 5.74) is 0.261. The zero-order valence-electron chi connectivity index (χ0n) is 11.3. The highest BCUT2D eigenvalue weighted by atomic mass is 79.9. The molecule has 3 nitrogen and oxygen atoms in total. The number of halogens is 3. The average Bonchev–Trinajstić information content (AvgIpc) is 2.88. The van der Waals surface area contributed by atoms with Gasteiger partial charge in [0.25, 0.3) is 0 Å². The van der Waals surface area contributed by atoms with Crippen molar-refractivity contribution in [2.75, 3.05) is 7.05 Å². The fraction of sp³-hybridized carbons (Fsp3) is 0.214. The quantitative estimate of drug-likeness (QED) is 0.633. The molecule has 2 rings (SSSR count). The highest BCUT2D eigenvalue weighted by Gasteiger charge is 2.05. The molecule has 0 aliphatic rings. The van der Waals surface area contributed by atoms with Crippen LogP contribution in [0.4, 0.5) is 8.78 Å². The predicted molar refractivity (Wildman–Crippen MR) is 85.4 cm³/mol. The smallest absolute Gasteiger partial charge is 0.191 e. The van der Waals surface area contributed by atoms with E-state index in [4.69, 9.17) is 0 Å². The molecule has 0 aliphatic heterocycles. The Balaban J connectivity index is 1.89. The van der Waals surface area contributed by atoms with Crippen molar-refractivity contribution in [3.8, 4) is 0 Å². The minimum Gasteiger partial charge on any atom is -0.352 e. The lowest BCUT2D eigenvalue weighted by Crippen LogP contribution is -2.36. The minimum absolute atomic E-state index is 0.164. The van der Waals surface area contributed by atoms with E-state index in [2.05, 4.69) is 31.6 Å². The molecule has 0 atom stereocenters. The van der Waals surface area contributed by atoms with Crippen LogP contribution in [-0.4, -0.2) is 13.0 Å². The number of guanidine groups is 1. The van der Waals surface area contributed by atoms with Gasteiger partial charge in [-0.3, -0.25) is 4.99 Å². The van der Waals surface area contributed by atoms with Gasteiger partial charge in [-0.05, 0) is 46.3 Å². The molecule has 0 saturated carbocycles. The van der Waals surface area contributed by atoms with Gasteiger partial charge in [-0.1, -0.05) is 0 Å². The monoisotopic (exact) mass is 373 g/mol.